The van der Waals surface area contributed by atoms with Gasteiger partial charge in [-0.25, -0.2) is 0 Å². The molecule has 0 radical (unpaired) electrons. The standard InChI is InChI=1S/C8H10/c1-7(2)5-6-8(3)4/h1,3H2,2,4H3. The highest BCUT2D eigenvalue weighted by Gasteiger charge is 1.70. The van der Waals surface area contributed by atoms with Gasteiger partial charge in [0.1, 0.15) is 0 Å². The molecule has 42 valence electrons. The summed E-state index contributed by atoms with van der Waals surface area (Å²) >= 11 is 0. The second kappa shape index (κ2) is 3.10. The SMILES string of the molecule is C=C(C)C#CC(=C)C. The maximum atomic E-state index is 3.61. The third kappa shape index (κ3) is 5.04. The van der Waals surface area contributed by atoms with Gasteiger partial charge in [0, 0.05) is 0 Å². The maximum Gasteiger partial charge on any atom is -0.00789 e. The molecule has 0 aromatic heterocycles. The van der Waals surface area contributed by atoms with Crippen molar-refractivity contribution in [2.24, 2.45) is 0 Å². The fourth-order valence-corrected chi connectivity index (χ4v) is 0.213. The normalized spacial score (nSPS) is 6.75. The van der Waals surface area contributed by atoms with Crippen LogP contribution in [0, 0.1) is 11.8 Å². The van der Waals surface area contributed by atoms with Gasteiger partial charge < -0.3 is 0 Å². The van der Waals surface area contributed by atoms with Crippen LogP contribution in [0.15, 0.2) is 24.3 Å². The van der Waals surface area contributed by atoms with E-state index in [0.717, 1.165) is 11.1 Å². The van der Waals surface area contributed by atoms with E-state index in [9.17, 15) is 0 Å². The van der Waals surface area contributed by atoms with E-state index >= 15 is 0 Å². The number of allylic oxidation sites excluding steroid dienone is 2. The molecule has 0 aromatic rings. The molecule has 0 nitrogen and oxygen atoms in total. The van der Waals surface area contributed by atoms with E-state index in [1.807, 2.05) is 13.8 Å². The quantitative estimate of drug-likeness (QED) is 0.415. The van der Waals surface area contributed by atoms with Crippen molar-refractivity contribution in [3.05, 3.63) is 24.3 Å². The van der Waals surface area contributed by atoms with Crippen molar-refractivity contribution in [1.29, 1.82) is 0 Å². The molecule has 0 saturated carbocycles. The van der Waals surface area contributed by atoms with Crippen LogP contribution < -0.4 is 0 Å². The Morgan fingerprint density at radius 1 is 1.00 bits per heavy atom. The van der Waals surface area contributed by atoms with E-state index in [4.69, 9.17) is 0 Å². The summed E-state index contributed by atoms with van der Waals surface area (Å²) in [5.74, 6) is 5.60. The Balaban J connectivity index is 3.87. The molecule has 0 amide bonds. The molecule has 0 aromatic carbocycles. The van der Waals surface area contributed by atoms with Crippen LogP contribution in [0.3, 0.4) is 0 Å². The van der Waals surface area contributed by atoms with Gasteiger partial charge in [-0.05, 0) is 25.0 Å². The molecule has 0 heteroatoms. The molecule has 0 spiro atoms. The highest BCUT2D eigenvalue weighted by molar-refractivity contribution is 5.32. The van der Waals surface area contributed by atoms with Crippen LogP contribution in [-0.2, 0) is 0 Å². The Morgan fingerprint density at radius 2 is 1.25 bits per heavy atom. The first kappa shape index (κ1) is 7.04. The van der Waals surface area contributed by atoms with Crippen molar-refractivity contribution < 1.29 is 0 Å². The second-order valence-electron chi connectivity index (χ2n) is 1.81. The minimum absolute atomic E-state index is 0.882. The van der Waals surface area contributed by atoms with Crippen molar-refractivity contribution in [1.82, 2.24) is 0 Å². The summed E-state index contributed by atoms with van der Waals surface area (Å²) in [6.45, 7) is 11.0. The molecule has 0 aliphatic heterocycles. The zero-order valence-electron chi connectivity index (χ0n) is 5.41. The first-order valence-corrected chi connectivity index (χ1v) is 2.46. The number of hydrogen-bond donors (Lipinski definition) is 0. The highest BCUT2D eigenvalue weighted by atomic mass is 13.7. The average Bonchev–Trinajstić information content (AvgIpc) is 1.61. The van der Waals surface area contributed by atoms with E-state index in [1.54, 1.807) is 0 Å². The second-order valence-corrected chi connectivity index (χ2v) is 1.81. The third-order valence-electron chi connectivity index (χ3n) is 0.489. The zero-order valence-corrected chi connectivity index (χ0v) is 5.41. The van der Waals surface area contributed by atoms with Gasteiger partial charge in [0.15, 0.2) is 0 Å². The summed E-state index contributed by atoms with van der Waals surface area (Å²) in [5, 5.41) is 0. The van der Waals surface area contributed by atoms with Gasteiger partial charge in [-0.1, -0.05) is 25.0 Å². The molecule has 0 rings (SSSR count). The molecule has 0 saturated heterocycles. The Bertz CT molecular complexity index is 144. The first-order chi connectivity index (χ1) is 3.63. The van der Waals surface area contributed by atoms with Crippen LogP contribution in [0.1, 0.15) is 13.8 Å². The molecule has 0 heterocycles. The third-order valence-corrected chi connectivity index (χ3v) is 0.489. The Morgan fingerprint density at radius 3 is 1.38 bits per heavy atom. The molecule has 0 atom stereocenters. The van der Waals surface area contributed by atoms with Gasteiger partial charge in [-0.3, -0.25) is 0 Å². The van der Waals surface area contributed by atoms with E-state index in [1.165, 1.54) is 0 Å². The van der Waals surface area contributed by atoms with Gasteiger partial charge in [0.2, 0.25) is 0 Å². The van der Waals surface area contributed by atoms with Crippen LogP contribution in [0.4, 0.5) is 0 Å². The molecule has 0 fully saturated rings. The summed E-state index contributed by atoms with van der Waals surface area (Å²) in [6, 6.07) is 0. The Kier molecular flexibility index (Phi) is 2.72. The maximum absolute atomic E-state index is 3.61. The summed E-state index contributed by atoms with van der Waals surface area (Å²) in [4.78, 5) is 0. The van der Waals surface area contributed by atoms with E-state index in [2.05, 4.69) is 25.0 Å². The predicted molar refractivity (Wildman–Crippen MR) is 37.4 cm³/mol. The fraction of sp³-hybridized carbons (Fsp3) is 0.250. The molecular weight excluding hydrogens is 96.1 g/mol. The lowest BCUT2D eigenvalue weighted by molar-refractivity contribution is 1.59. The van der Waals surface area contributed by atoms with Crippen LogP contribution >= 0.6 is 0 Å². The van der Waals surface area contributed by atoms with E-state index in [0.29, 0.717) is 0 Å². The summed E-state index contributed by atoms with van der Waals surface area (Å²) in [6.07, 6.45) is 0. The predicted octanol–water partition coefficient (Wildman–Crippen LogP) is 2.14. The smallest absolute Gasteiger partial charge is 0.00789 e. The molecular formula is C8H10. The van der Waals surface area contributed by atoms with Crippen LogP contribution in [0.5, 0.6) is 0 Å². The first-order valence-electron chi connectivity index (χ1n) is 2.46. The monoisotopic (exact) mass is 106 g/mol. The molecule has 0 bridgehead atoms. The summed E-state index contributed by atoms with van der Waals surface area (Å²) in [7, 11) is 0. The lowest BCUT2D eigenvalue weighted by Gasteiger charge is -1.77. The lowest BCUT2D eigenvalue weighted by Crippen LogP contribution is -1.63. The minimum Gasteiger partial charge on any atom is -0.0877 e. The highest BCUT2D eigenvalue weighted by Crippen LogP contribution is 1.84. The largest absolute Gasteiger partial charge is 0.0877 e. The lowest BCUT2D eigenvalue weighted by atomic mass is 10.3. The van der Waals surface area contributed by atoms with Crippen LogP contribution in [-0.4, -0.2) is 0 Å². The van der Waals surface area contributed by atoms with Gasteiger partial charge >= 0.3 is 0 Å². The fourth-order valence-electron chi connectivity index (χ4n) is 0.213. The molecule has 0 aliphatic rings. The van der Waals surface area contributed by atoms with E-state index in [-0.39, 0.29) is 0 Å². The van der Waals surface area contributed by atoms with Gasteiger partial charge in [-0.15, -0.1) is 0 Å². The van der Waals surface area contributed by atoms with E-state index < -0.39 is 0 Å². The van der Waals surface area contributed by atoms with Crippen molar-refractivity contribution >= 4 is 0 Å². The van der Waals surface area contributed by atoms with Crippen molar-refractivity contribution in [2.45, 2.75) is 13.8 Å². The zero-order chi connectivity index (χ0) is 6.57. The van der Waals surface area contributed by atoms with Gasteiger partial charge in [-0.2, -0.15) is 0 Å². The molecule has 0 N–H and O–H groups in total. The molecule has 8 heavy (non-hydrogen) atoms. The van der Waals surface area contributed by atoms with Crippen LogP contribution in [0.2, 0.25) is 0 Å². The Hall–Kier alpha value is -0.960. The summed E-state index contributed by atoms with van der Waals surface area (Å²) in [5.41, 5.74) is 1.76. The molecule has 0 unspecified atom stereocenters. The molecule has 0 aliphatic carbocycles. The van der Waals surface area contributed by atoms with Crippen molar-refractivity contribution in [3.63, 3.8) is 0 Å². The van der Waals surface area contributed by atoms with Gasteiger partial charge in [0.05, 0.1) is 0 Å². The average molecular weight is 106 g/mol. The number of rotatable bonds is 0. The summed E-state index contributed by atoms with van der Waals surface area (Å²) < 4.78 is 0. The topological polar surface area (TPSA) is 0 Å². The minimum atomic E-state index is 0.882. The van der Waals surface area contributed by atoms with Crippen LogP contribution in [0.25, 0.3) is 0 Å². The Labute approximate surface area is 50.9 Å². The van der Waals surface area contributed by atoms with Gasteiger partial charge in [0.25, 0.3) is 0 Å². The van der Waals surface area contributed by atoms with Crippen molar-refractivity contribution in [2.75, 3.05) is 0 Å². The number of hydrogen-bond acceptors (Lipinski definition) is 0. The van der Waals surface area contributed by atoms with Crippen molar-refractivity contribution in [3.8, 4) is 11.8 Å².